The number of hydrogen-bond donors (Lipinski definition) is 2. The summed E-state index contributed by atoms with van der Waals surface area (Å²) < 4.78 is 11.3. The monoisotopic (exact) mass is 371 g/mol. The first-order valence-corrected chi connectivity index (χ1v) is 9.69. The molecule has 0 aromatic carbocycles. The lowest BCUT2D eigenvalue weighted by Gasteiger charge is -2.24. The minimum Gasteiger partial charge on any atom is -0.490 e. The fraction of sp³-hybridized carbons (Fsp3) is 0.500. The molecule has 3 heterocycles. The predicted octanol–water partition coefficient (Wildman–Crippen LogP) is 2.45. The summed E-state index contributed by atoms with van der Waals surface area (Å²) in [6.07, 6.45) is 7.66. The number of guanidine groups is 1. The molecule has 0 aliphatic carbocycles. The highest BCUT2D eigenvalue weighted by Gasteiger charge is 2.25. The first kappa shape index (κ1) is 19.2. The molecule has 0 radical (unpaired) electrons. The van der Waals surface area contributed by atoms with Gasteiger partial charge >= 0.3 is 0 Å². The van der Waals surface area contributed by atoms with E-state index >= 15 is 0 Å². The third-order valence-electron chi connectivity index (χ3n) is 4.52. The molecule has 3 rings (SSSR count). The first-order chi connectivity index (χ1) is 13.4. The lowest BCUT2D eigenvalue weighted by Crippen LogP contribution is -2.40. The van der Waals surface area contributed by atoms with Crippen LogP contribution in [0.2, 0.25) is 0 Å². The van der Waals surface area contributed by atoms with Crippen molar-refractivity contribution in [2.45, 2.75) is 25.8 Å². The van der Waals surface area contributed by atoms with Gasteiger partial charge in [0.2, 0.25) is 0 Å². The van der Waals surface area contributed by atoms with Gasteiger partial charge in [-0.3, -0.25) is 14.9 Å². The maximum Gasteiger partial charge on any atom is 0.191 e. The van der Waals surface area contributed by atoms with Gasteiger partial charge in [0.1, 0.15) is 18.1 Å². The molecule has 1 aliphatic rings. The molecule has 2 aromatic rings. The summed E-state index contributed by atoms with van der Waals surface area (Å²) in [5, 5.41) is 6.62. The van der Waals surface area contributed by atoms with Crippen LogP contribution in [0.3, 0.4) is 0 Å². The Morgan fingerprint density at radius 2 is 2.19 bits per heavy atom. The fourth-order valence-corrected chi connectivity index (χ4v) is 3.21. The third kappa shape index (κ3) is 5.99. The number of rotatable bonds is 9. The van der Waals surface area contributed by atoms with Gasteiger partial charge in [-0.2, -0.15) is 0 Å². The van der Waals surface area contributed by atoms with Crippen molar-refractivity contribution >= 4 is 5.96 Å². The SMILES string of the molecule is CCNC(=NCC(c1ccco1)N1CCCC1)NCCOc1cccnc1. The molecule has 1 saturated heterocycles. The van der Waals surface area contributed by atoms with E-state index in [1.54, 1.807) is 18.7 Å². The Morgan fingerprint density at radius 3 is 2.89 bits per heavy atom. The molecule has 1 unspecified atom stereocenters. The smallest absolute Gasteiger partial charge is 0.191 e. The molecule has 0 amide bonds. The number of ether oxygens (including phenoxy) is 1. The summed E-state index contributed by atoms with van der Waals surface area (Å²) in [5.41, 5.74) is 0. The van der Waals surface area contributed by atoms with Gasteiger partial charge in [0.25, 0.3) is 0 Å². The minimum atomic E-state index is 0.185. The van der Waals surface area contributed by atoms with Gasteiger partial charge in [-0.1, -0.05) is 0 Å². The highest BCUT2D eigenvalue weighted by molar-refractivity contribution is 5.79. The molecule has 27 heavy (non-hydrogen) atoms. The van der Waals surface area contributed by atoms with Crippen LogP contribution in [0.4, 0.5) is 0 Å². The average Bonchev–Trinajstić information content (AvgIpc) is 3.41. The molecular formula is C20H29N5O2. The second-order valence-electron chi connectivity index (χ2n) is 6.46. The summed E-state index contributed by atoms with van der Waals surface area (Å²) in [7, 11) is 0. The molecule has 2 aromatic heterocycles. The second-order valence-corrected chi connectivity index (χ2v) is 6.46. The number of pyridine rings is 1. The standard InChI is InChI=1S/C20H29N5O2/c1-2-22-20(23-10-14-26-17-7-5-9-21-15-17)24-16-18(19-8-6-13-27-19)25-11-3-4-12-25/h5-9,13,15,18H,2-4,10-12,14,16H2,1H3,(H2,22,23,24). The Bertz CT molecular complexity index is 669. The van der Waals surface area contributed by atoms with Gasteiger partial charge in [0.05, 0.1) is 31.6 Å². The number of aromatic nitrogens is 1. The average molecular weight is 371 g/mol. The summed E-state index contributed by atoms with van der Waals surface area (Å²) in [6.45, 7) is 6.94. The van der Waals surface area contributed by atoms with Crippen LogP contribution in [0.25, 0.3) is 0 Å². The highest BCUT2D eigenvalue weighted by Crippen LogP contribution is 2.25. The minimum absolute atomic E-state index is 0.185. The lowest BCUT2D eigenvalue weighted by atomic mass is 10.2. The largest absolute Gasteiger partial charge is 0.490 e. The van der Waals surface area contributed by atoms with Crippen molar-refractivity contribution in [2.75, 3.05) is 39.3 Å². The Hall–Kier alpha value is -2.54. The van der Waals surface area contributed by atoms with E-state index < -0.39 is 0 Å². The van der Waals surface area contributed by atoms with Gasteiger partial charge in [-0.05, 0) is 57.1 Å². The first-order valence-electron chi connectivity index (χ1n) is 9.69. The zero-order valence-electron chi connectivity index (χ0n) is 15.9. The highest BCUT2D eigenvalue weighted by atomic mass is 16.5. The number of furan rings is 1. The molecule has 1 fully saturated rings. The summed E-state index contributed by atoms with van der Waals surface area (Å²) in [5.74, 6) is 2.55. The quantitative estimate of drug-likeness (QED) is 0.401. The van der Waals surface area contributed by atoms with E-state index in [0.29, 0.717) is 19.7 Å². The number of aliphatic imine (C=N–C) groups is 1. The van der Waals surface area contributed by atoms with Crippen LogP contribution < -0.4 is 15.4 Å². The van der Waals surface area contributed by atoms with E-state index in [9.17, 15) is 0 Å². The van der Waals surface area contributed by atoms with Crippen LogP contribution in [0.1, 0.15) is 31.6 Å². The molecule has 146 valence electrons. The predicted molar refractivity (Wildman–Crippen MR) is 106 cm³/mol. The van der Waals surface area contributed by atoms with E-state index in [4.69, 9.17) is 14.1 Å². The maximum absolute atomic E-state index is 5.67. The Morgan fingerprint density at radius 1 is 1.30 bits per heavy atom. The van der Waals surface area contributed by atoms with Crippen LogP contribution in [0.15, 0.2) is 52.3 Å². The van der Waals surface area contributed by atoms with E-state index in [1.165, 1.54) is 12.8 Å². The lowest BCUT2D eigenvalue weighted by molar-refractivity contribution is 0.221. The van der Waals surface area contributed by atoms with E-state index in [1.807, 2.05) is 24.3 Å². The zero-order chi connectivity index (χ0) is 18.7. The molecule has 1 atom stereocenters. The molecule has 0 saturated carbocycles. The van der Waals surface area contributed by atoms with E-state index in [2.05, 4.69) is 27.4 Å². The van der Waals surface area contributed by atoms with Gasteiger partial charge in [-0.15, -0.1) is 0 Å². The Balaban J connectivity index is 1.53. The molecule has 0 spiro atoms. The Labute approximate surface area is 160 Å². The summed E-state index contributed by atoms with van der Waals surface area (Å²) in [6, 6.07) is 7.93. The van der Waals surface area contributed by atoms with E-state index in [0.717, 1.165) is 37.1 Å². The second kappa shape index (κ2) is 10.6. The summed E-state index contributed by atoms with van der Waals surface area (Å²) in [4.78, 5) is 11.3. The van der Waals surface area contributed by atoms with Gasteiger partial charge in [-0.25, -0.2) is 0 Å². The van der Waals surface area contributed by atoms with Crippen LogP contribution in [-0.4, -0.2) is 55.2 Å². The number of hydrogen-bond acceptors (Lipinski definition) is 5. The maximum atomic E-state index is 5.67. The van der Waals surface area contributed by atoms with Crippen molar-refractivity contribution in [1.82, 2.24) is 20.5 Å². The molecule has 7 nitrogen and oxygen atoms in total. The van der Waals surface area contributed by atoms with Gasteiger partial charge in [0, 0.05) is 12.7 Å². The van der Waals surface area contributed by atoms with Crippen molar-refractivity contribution in [3.8, 4) is 5.75 Å². The van der Waals surface area contributed by atoms with Crippen LogP contribution >= 0.6 is 0 Å². The van der Waals surface area contributed by atoms with Crippen molar-refractivity contribution < 1.29 is 9.15 Å². The molecule has 7 heteroatoms. The van der Waals surface area contributed by atoms with Crippen molar-refractivity contribution in [3.63, 3.8) is 0 Å². The molecule has 1 aliphatic heterocycles. The van der Waals surface area contributed by atoms with Crippen molar-refractivity contribution in [2.24, 2.45) is 4.99 Å². The van der Waals surface area contributed by atoms with Gasteiger partial charge in [0.15, 0.2) is 5.96 Å². The molecule has 2 N–H and O–H groups in total. The van der Waals surface area contributed by atoms with E-state index in [-0.39, 0.29) is 6.04 Å². The number of nitrogens with zero attached hydrogens (tertiary/aromatic N) is 3. The zero-order valence-corrected chi connectivity index (χ0v) is 15.9. The molecule has 0 bridgehead atoms. The topological polar surface area (TPSA) is 74.9 Å². The van der Waals surface area contributed by atoms with Crippen LogP contribution in [0, 0.1) is 0 Å². The third-order valence-corrected chi connectivity index (χ3v) is 4.52. The van der Waals surface area contributed by atoms with Crippen molar-refractivity contribution in [1.29, 1.82) is 0 Å². The fourth-order valence-electron chi connectivity index (χ4n) is 3.21. The number of nitrogens with one attached hydrogen (secondary N) is 2. The summed E-state index contributed by atoms with van der Waals surface area (Å²) >= 11 is 0. The Kier molecular flexibility index (Phi) is 7.53. The van der Waals surface area contributed by atoms with Crippen LogP contribution in [-0.2, 0) is 0 Å². The number of likely N-dealkylation sites (tertiary alicyclic amines) is 1. The normalized spacial score (nSPS) is 16.3. The van der Waals surface area contributed by atoms with Gasteiger partial charge < -0.3 is 19.8 Å². The molecular weight excluding hydrogens is 342 g/mol. The van der Waals surface area contributed by atoms with Crippen LogP contribution in [0.5, 0.6) is 5.75 Å². The van der Waals surface area contributed by atoms with Crippen molar-refractivity contribution in [3.05, 3.63) is 48.7 Å².